The predicted octanol–water partition coefficient (Wildman–Crippen LogP) is 3.78. The summed E-state index contributed by atoms with van der Waals surface area (Å²) in [6.07, 6.45) is 6.76. The first-order valence-electron chi connectivity index (χ1n) is 12.7. The molecular formula is C27H38N2O6. The minimum absolute atomic E-state index is 0.0359. The van der Waals surface area contributed by atoms with Crippen LogP contribution >= 0.6 is 0 Å². The van der Waals surface area contributed by atoms with Crippen LogP contribution in [0.4, 0.5) is 4.79 Å². The summed E-state index contributed by atoms with van der Waals surface area (Å²) in [5.41, 5.74) is 1.89. The number of methoxy groups -OCH3 is 2. The van der Waals surface area contributed by atoms with Crippen molar-refractivity contribution in [3.63, 3.8) is 0 Å². The number of ether oxygens (including phenoxy) is 5. The number of hydrogen-bond acceptors (Lipinski definition) is 7. The Bertz CT molecular complexity index is 951. The van der Waals surface area contributed by atoms with Crippen LogP contribution in [-0.2, 0) is 25.4 Å². The number of amides is 1. The van der Waals surface area contributed by atoms with E-state index >= 15 is 0 Å². The molecule has 35 heavy (non-hydrogen) atoms. The fourth-order valence-corrected chi connectivity index (χ4v) is 6.11. The van der Waals surface area contributed by atoms with Crippen molar-refractivity contribution < 1.29 is 28.5 Å². The number of epoxide rings is 2. The van der Waals surface area contributed by atoms with Crippen molar-refractivity contribution >= 4 is 6.09 Å². The molecule has 1 amide bonds. The number of pyridine rings is 1. The second-order valence-corrected chi connectivity index (χ2v) is 11.0. The number of carbonyl (C=O) groups is 1. The zero-order chi connectivity index (χ0) is 24.8. The van der Waals surface area contributed by atoms with Crippen molar-refractivity contribution in [3.8, 4) is 5.88 Å². The van der Waals surface area contributed by atoms with Gasteiger partial charge < -0.3 is 28.6 Å². The lowest BCUT2D eigenvalue weighted by molar-refractivity contribution is -0.124. The molecule has 0 bridgehead atoms. The summed E-state index contributed by atoms with van der Waals surface area (Å²) in [6.45, 7) is 8.48. The van der Waals surface area contributed by atoms with Crippen LogP contribution < -0.4 is 4.74 Å². The van der Waals surface area contributed by atoms with Crippen molar-refractivity contribution in [3.05, 3.63) is 35.5 Å². The third-order valence-corrected chi connectivity index (χ3v) is 8.24. The van der Waals surface area contributed by atoms with Crippen molar-refractivity contribution in [2.45, 2.75) is 76.0 Å². The summed E-state index contributed by atoms with van der Waals surface area (Å²) in [5.74, 6) is 1.06. The van der Waals surface area contributed by atoms with Crippen LogP contribution in [0.1, 0.15) is 45.6 Å². The number of nitrogens with zero attached hydrogens (tertiary/aromatic N) is 2. The van der Waals surface area contributed by atoms with Gasteiger partial charge in [0, 0.05) is 32.5 Å². The normalized spacial score (nSPS) is 35.9. The molecule has 1 saturated carbocycles. The lowest BCUT2D eigenvalue weighted by Gasteiger charge is -2.44. The summed E-state index contributed by atoms with van der Waals surface area (Å²) >= 11 is 0. The lowest BCUT2D eigenvalue weighted by Crippen LogP contribution is -2.57. The number of rotatable bonds is 8. The van der Waals surface area contributed by atoms with E-state index in [1.165, 1.54) is 5.57 Å². The number of carbonyl (C=O) groups excluding carboxylic acids is 1. The maximum Gasteiger partial charge on any atom is 0.410 e. The quantitative estimate of drug-likeness (QED) is 0.408. The van der Waals surface area contributed by atoms with Gasteiger partial charge in [-0.25, -0.2) is 9.78 Å². The molecular weight excluding hydrogens is 448 g/mol. The standard InChI is InChI=1S/C27H38N2O6/c1-17(2)6-8-21-26(3,35-21)24-23(32-5)20(10-11-27(24)16-33-27)34-25(30)29-14-19(15-29)12-18-7-9-22(31-4)28-13-18/h6-7,9,13,19-21,23-24H,8,10-12,14-16H2,1-5H3/t20-,21-,23-,24?,26+,27+/m1/s1. The van der Waals surface area contributed by atoms with Gasteiger partial charge in [0.15, 0.2) is 0 Å². The van der Waals surface area contributed by atoms with Gasteiger partial charge in [-0.1, -0.05) is 17.7 Å². The van der Waals surface area contributed by atoms with Crippen LogP contribution in [0, 0.1) is 11.8 Å². The Balaban J connectivity index is 1.17. The highest BCUT2D eigenvalue weighted by molar-refractivity contribution is 5.69. The maximum absolute atomic E-state index is 13.0. The summed E-state index contributed by atoms with van der Waals surface area (Å²) in [4.78, 5) is 19.0. The molecule has 8 nitrogen and oxygen atoms in total. The number of aromatic nitrogens is 1. The van der Waals surface area contributed by atoms with E-state index in [0.717, 1.165) is 37.9 Å². The summed E-state index contributed by atoms with van der Waals surface area (Å²) in [6, 6.07) is 3.90. The second kappa shape index (κ2) is 9.37. The number of allylic oxidation sites excluding steroid dienone is 1. The van der Waals surface area contributed by atoms with E-state index in [2.05, 4.69) is 31.8 Å². The van der Waals surface area contributed by atoms with Gasteiger partial charge in [0.2, 0.25) is 5.88 Å². The molecule has 192 valence electrons. The third kappa shape index (κ3) is 4.80. The van der Waals surface area contributed by atoms with Gasteiger partial charge in [0.05, 0.1) is 25.7 Å². The van der Waals surface area contributed by atoms with E-state index < -0.39 is 0 Å². The molecule has 4 aliphatic rings. The maximum atomic E-state index is 13.0. The monoisotopic (exact) mass is 486 g/mol. The third-order valence-electron chi connectivity index (χ3n) is 8.24. The average Bonchev–Trinajstić information content (AvgIpc) is 3.73. The van der Waals surface area contributed by atoms with Crippen molar-refractivity contribution in [2.24, 2.45) is 11.8 Å². The summed E-state index contributed by atoms with van der Waals surface area (Å²) in [7, 11) is 3.32. The first kappa shape index (κ1) is 24.5. The fraction of sp³-hybridized carbons (Fsp3) is 0.704. The second-order valence-electron chi connectivity index (χ2n) is 11.0. The zero-order valence-corrected chi connectivity index (χ0v) is 21.5. The molecule has 0 N–H and O–H groups in total. The van der Waals surface area contributed by atoms with Crippen molar-refractivity contribution in [2.75, 3.05) is 33.9 Å². The number of hydrogen-bond donors (Lipinski definition) is 0. The van der Waals surface area contributed by atoms with Crippen LogP contribution in [0.15, 0.2) is 30.0 Å². The molecule has 3 aliphatic heterocycles. The molecule has 1 aliphatic carbocycles. The molecule has 1 aromatic rings. The predicted molar refractivity (Wildman–Crippen MR) is 129 cm³/mol. The topological polar surface area (TPSA) is 86.0 Å². The average molecular weight is 487 g/mol. The van der Waals surface area contributed by atoms with E-state index in [-0.39, 0.29) is 41.5 Å². The van der Waals surface area contributed by atoms with Gasteiger partial charge in [0.25, 0.3) is 0 Å². The van der Waals surface area contributed by atoms with Gasteiger partial charge >= 0.3 is 6.09 Å². The van der Waals surface area contributed by atoms with Gasteiger partial charge in [-0.05, 0) is 57.9 Å². The molecule has 5 rings (SSSR count). The summed E-state index contributed by atoms with van der Waals surface area (Å²) < 4.78 is 29.4. The molecule has 0 aromatic carbocycles. The van der Waals surface area contributed by atoms with E-state index in [9.17, 15) is 4.79 Å². The Hall–Kier alpha value is -2.16. The molecule has 6 atom stereocenters. The Morgan fingerprint density at radius 3 is 2.66 bits per heavy atom. The van der Waals surface area contributed by atoms with Crippen LogP contribution in [0.5, 0.6) is 5.88 Å². The first-order valence-corrected chi connectivity index (χ1v) is 12.7. The molecule has 1 spiro atoms. The lowest BCUT2D eigenvalue weighted by atomic mass is 9.68. The highest BCUT2D eigenvalue weighted by Crippen LogP contribution is 2.59. The van der Waals surface area contributed by atoms with E-state index in [1.54, 1.807) is 19.1 Å². The minimum Gasteiger partial charge on any atom is -0.481 e. The first-order chi connectivity index (χ1) is 16.8. The Morgan fingerprint density at radius 2 is 2.06 bits per heavy atom. The van der Waals surface area contributed by atoms with Crippen molar-refractivity contribution in [1.82, 2.24) is 9.88 Å². The van der Waals surface area contributed by atoms with E-state index in [0.29, 0.717) is 24.9 Å². The van der Waals surface area contributed by atoms with Crippen LogP contribution in [0.25, 0.3) is 0 Å². The Kier molecular flexibility index (Phi) is 6.57. The SMILES string of the molecule is COc1ccc(CC2CN(C(=O)O[C@@H]3CC[C@]4(CO4)C([C@@]4(C)O[C@@H]4CC=C(C)C)[C@@H]3OC)C2)cn1. The van der Waals surface area contributed by atoms with Crippen LogP contribution in [0.3, 0.4) is 0 Å². The molecule has 8 heteroatoms. The minimum atomic E-state index is -0.331. The Labute approximate surface area is 207 Å². The summed E-state index contributed by atoms with van der Waals surface area (Å²) in [5, 5.41) is 0. The molecule has 4 fully saturated rings. The molecule has 0 radical (unpaired) electrons. The fourth-order valence-electron chi connectivity index (χ4n) is 6.11. The van der Waals surface area contributed by atoms with Gasteiger partial charge in [-0.15, -0.1) is 0 Å². The Morgan fingerprint density at radius 1 is 1.29 bits per heavy atom. The van der Waals surface area contributed by atoms with Crippen LogP contribution in [0.2, 0.25) is 0 Å². The van der Waals surface area contributed by atoms with Gasteiger partial charge in [-0.3, -0.25) is 0 Å². The van der Waals surface area contributed by atoms with E-state index in [4.69, 9.17) is 23.7 Å². The zero-order valence-electron chi connectivity index (χ0n) is 21.5. The molecule has 3 saturated heterocycles. The van der Waals surface area contributed by atoms with Crippen molar-refractivity contribution in [1.29, 1.82) is 0 Å². The molecule has 4 heterocycles. The number of likely N-dealkylation sites (tertiary alicyclic amines) is 1. The molecule has 1 unspecified atom stereocenters. The van der Waals surface area contributed by atoms with Crippen LogP contribution in [-0.4, -0.2) is 79.4 Å². The smallest absolute Gasteiger partial charge is 0.410 e. The van der Waals surface area contributed by atoms with Gasteiger partial charge in [-0.2, -0.15) is 0 Å². The van der Waals surface area contributed by atoms with Gasteiger partial charge in [0.1, 0.15) is 23.4 Å². The van der Waals surface area contributed by atoms with E-state index in [1.807, 2.05) is 18.3 Å². The highest BCUT2D eigenvalue weighted by Gasteiger charge is 2.72. The largest absolute Gasteiger partial charge is 0.481 e. The highest BCUT2D eigenvalue weighted by atomic mass is 16.6. The molecule has 1 aromatic heterocycles.